The summed E-state index contributed by atoms with van der Waals surface area (Å²) < 4.78 is 0. The molecule has 84 valence electrons. The third-order valence-electron chi connectivity index (χ3n) is 4.81. The molecule has 4 rings (SSSR count). The normalized spacial score (nSPS) is 36.4. The van der Waals surface area contributed by atoms with E-state index < -0.39 is 0 Å². The summed E-state index contributed by atoms with van der Waals surface area (Å²) in [6.07, 6.45) is 9.82. The molecule has 1 fully saturated rings. The minimum absolute atomic E-state index is 0.224. The maximum atomic E-state index is 11.8. The Labute approximate surface area is 101 Å². The molecule has 1 saturated carbocycles. The molecule has 3 atom stereocenters. The van der Waals surface area contributed by atoms with Crippen LogP contribution in [0, 0.1) is 5.92 Å². The molecule has 0 radical (unpaired) electrons. The number of carbonyl (C=O) groups excluding carboxylic acids is 1. The smallest absolute Gasteiger partial charge is 0.131 e. The predicted octanol–water partition coefficient (Wildman–Crippen LogP) is 3.13. The summed E-state index contributed by atoms with van der Waals surface area (Å²) in [5.41, 5.74) is 3.94. The molecule has 1 nitrogen and oxygen atoms in total. The van der Waals surface area contributed by atoms with E-state index in [2.05, 4.69) is 42.5 Å². The van der Waals surface area contributed by atoms with Gasteiger partial charge in [-0.15, -0.1) is 0 Å². The Morgan fingerprint density at radius 2 is 2.18 bits per heavy atom. The quantitative estimate of drug-likeness (QED) is 0.667. The first kappa shape index (κ1) is 9.41. The average molecular weight is 222 g/mol. The molecule has 0 spiro atoms. The van der Waals surface area contributed by atoms with E-state index in [1.165, 1.54) is 23.0 Å². The number of hydrogen-bond donors (Lipinski definition) is 0. The second-order valence-electron chi connectivity index (χ2n) is 5.39. The summed E-state index contributed by atoms with van der Waals surface area (Å²) >= 11 is 0. The summed E-state index contributed by atoms with van der Waals surface area (Å²) in [4.78, 5) is 11.8. The van der Waals surface area contributed by atoms with Gasteiger partial charge in [-0.05, 0) is 24.0 Å². The van der Waals surface area contributed by atoms with Gasteiger partial charge in [0, 0.05) is 11.8 Å². The number of rotatable bonds is 1. The Hall–Kier alpha value is -1.63. The van der Waals surface area contributed by atoms with E-state index in [0.29, 0.717) is 11.8 Å². The molecular formula is C16H14O. The van der Waals surface area contributed by atoms with Crippen LogP contribution in [0.3, 0.4) is 0 Å². The number of carbonyl (C=O) groups is 1. The van der Waals surface area contributed by atoms with Crippen molar-refractivity contribution in [1.82, 2.24) is 0 Å². The van der Waals surface area contributed by atoms with Crippen LogP contribution in [0.2, 0.25) is 0 Å². The van der Waals surface area contributed by atoms with E-state index >= 15 is 0 Å². The zero-order chi connectivity index (χ0) is 11.5. The van der Waals surface area contributed by atoms with E-state index in [1.807, 2.05) is 0 Å². The zero-order valence-electron chi connectivity index (χ0n) is 9.60. The molecule has 3 unspecified atom stereocenters. The maximum Gasteiger partial charge on any atom is 0.131 e. The standard InChI is InChI=1S/C16H14O/c17-10-16-9-13(11-5-1-3-7-14(11)16)12-6-2-4-8-15(12)16/h1-7,10,13,15H,8-9H2. The van der Waals surface area contributed by atoms with Gasteiger partial charge in [0.2, 0.25) is 0 Å². The lowest BCUT2D eigenvalue weighted by molar-refractivity contribution is -0.113. The van der Waals surface area contributed by atoms with E-state index in [-0.39, 0.29) is 5.41 Å². The maximum absolute atomic E-state index is 11.8. The van der Waals surface area contributed by atoms with Gasteiger partial charge in [0.15, 0.2) is 0 Å². The van der Waals surface area contributed by atoms with E-state index in [9.17, 15) is 4.79 Å². The van der Waals surface area contributed by atoms with Crippen LogP contribution in [0.25, 0.3) is 0 Å². The molecule has 1 aromatic rings. The molecule has 0 N–H and O–H groups in total. The van der Waals surface area contributed by atoms with Crippen LogP contribution in [0.4, 0.5) is 0 Å². The third kappa shape index (κ3) is 0.940. The van der Waals surface area contributed by atoms with Crippen LogP contribution in [0.5, 0.6) is 0 Å². The monoisotopic (exact) mass is 222 g/mol. The zero-order valence-corrected chi connectivity index (χ0v) is 9.60. The van der Waals surface area contributed by atoms with Crippen LogP contribution < -0.4 is 0 Å². The Bertz CT molecular complexity index is 567. The van der Waals surface area contributed by atoms with Crippen molar-refractivity contribution in [3.8, 4) is 0 Å². The molecule has 0 heterocycles. The minimum Gasteiger partial charge on any atom is -0.302 e. The molecule has 0 aromatic heterocycles. The fourth-order valence-corrected chi connectivity index (χ4v) is 4.12. The van der Waals surface area contributed by atoms with Crippen molar-refractivity contribution in [3.05, 3.63) is 59.2 Å². The van der Waals surface area contributed by atoms with Crippen LogP contribution in [0.15, 0.2) is 48.1 Å². The lowest BCUT2D eigenvalue weighted by Gasteiger charge is -2.34. The number of hydrogen-bond acceptors (Lipinski definition) is 1. The highest BCUT2D eigenvalue weighted by Crippen LogP contribution is 2.63. The van der Waals surface area contributed by atoms with Crippen molar-refractivity contribution in [2.75, 3.05) is 0 Å². The summed E-state index contributed by atoms with van der Waals surface area (Å²) in [6.45, 7) is 0. The number of allylic oxidation sites excluding steroid dienone is 4. The molecule has 1 aromatic carbocycles. The summed E-state index contributed by atoms with van der Waals surface area (Å²) in [5.74, 6) is 0.913. The van der Waals surface area contributed by atoms with Gasteiger partial charge in [0.25, 0.3) is 0 Å². The van der Waals surface area contributed by atoms with Gasteiger partial charge in [-0.3, -0.25) is 0 Å². The van der Waals surface area contributed by atoms with Gasteiger partial charge in [-0.1, -0.05) is 48.1 Å². The average Bonchev–Trinajstić information content (AvgIpc) is 2.92. The van der Waals surface area contributed by atoms with Crippen LogP contribution in [-0.2, 0) is 10.2 Å². The topological polar surface area (TPSA) is 17.1 Å². The van der Waals surface area contributed by atoms with Crippen LogP contribution in [-0.4, -0.2) is 6.29 Å². The summed E-state index contributed by atoms with van der Waals surface area (Å²) in [6, 6.07) is 8.50. The molecule has 0 saturated heterocycles. The first-order valence-corrected chi connectivity index (χ1v) is 6.29. The molecule has 17 heavy (non-hydrogen) atoms. The largest absolute Gasteiger partial charge is 0.302 e. The predicted molar refractivity (Wildman–Crippen MR) is 66.9 cm³/mol. The van der Waals surface area contributed by atoms with Crippen molar-refractivity contribution < 1.29 is 4.79 Å². The second kappa shape index (κ2) is 2.98. The SMILES string of the molecule is O=CC12CC(C3=CC=CCC31)c1ccccc12. The van der Waals surface area contributed by atoms with Gasteiger partial charge in [0.05, 0.1) is 5.41 Å². The molecular weight excluding hydrogens is 208 g/mol. The van der Waals surface area contributed by atoms with Gasteiger partial charge >= 0.3 is 0 Å². The highest BCUT2D eigenvalue weighted by atomic mass is 16.1. The Morgan fingerprint density at radius 3 is 3.06 bits per heavy atom. The lowest BCUT2D eigenvalue weighted by atomic mass is 9.68. The molecule has 3 aliphatic rings. The number of aldehydes is 1. The molecule has 0 amide bonds. The Balaban J connectivity index is 2.02. The van der Waals surface area contributed by atoms with Crippen molar-refractivity contribution in [3.63, 3.8) is 0 Å². The van der Waals surface area contributed by atoms with Gasteiger partial charge in [0.1, 0.15) is 6.29 Å². The fraction of sp³-hybridized carbons (Fsp3) is 0.312. The highest BCUT2D eigenvalue weighted by molar-refractivity contribution is 5.78. The second-order valence-corrected chi connectivity index (χ2v) is 5.39. The third-order valence-corrected chi connectivity index (χ3v) is 4.81. The van der Waals surface area contributed by atoms with Crippen LogP contribution >= 0.6 is 0 Å². The van der Waals surface area contributed by atoms with E-state index in [1.54, 1.807) is 0 Å². The van der Waals surface area contributed by atoms with E-state index in [0.717, 1.165) is 12.8 Å². The van der Waals surface area contributed by atoms with Crippen LogP contribution in [0.1, 0.15) is 29.9 Å². The first-order chi connectivity index (χ1) is 8.37. The lowest BCUT2D eigenvalue weighted by Crippen LogP contribution is -2.33. The fourth-order valence-electron chi connectivity index (χ4n) is 4.12. The molecule has 3 aliphatic carbocycles. The van der Waals surface area contributed by atoms with E-state index in [4.69, 9.17) is 0 Å². The van der Waals surface area contributed by atoms with Crippen molar-refractivity contribution in [2.24, 2.45) is 5.92 Å². The van der Waals surface area contributed by atoms with Crippen molar-refractivity contribution in [2.45, 2.75) is 24.2 Å². The Kier molecular flexibility index (Phi) is 1.65. The van der Waals surface area contributed by atoms with Crippen molar-refractivity contribution >= 4 is 6.29 Å². The van der Waals surface area contributed by atoms with Gasteiger partial charge in [-0.25, -0.2) is 0 Å². The summed E-state index contributed by atoms with van der Waals surface area (Å²) in [5, 5.41) is 0. The molecule has 2 bridgehead atoms. The van der Waals surface area contributed by atoms with Gasteiger partial charge in [-0.2, -0.15) is 0 Å². The molecule has 1 heteroatoms. The minimum atomic E-state index is -0.224. The highest BCUT2D eigenvalue weighted by Gasteiger charge is 2.57. The van der Waals surface area contributed by atoms with Gasteiger partial charge < -0.3 is 4.79 Å². The first-order valence-electron chi connectivity index (χ1n) is 6.29. The number of fused-ring (bicyclic) bond motifs is 8. The molecule has 0 aliphatic heterocycles. The Morgan fingerprint density at radius 1 is 1.29 bits per heavy atom. The number of benzene rings is 1. The summed E-state index contributed by atoms with van der Waals surface area (Å²) in [7, 11) is 0. The van der Waals surface area contributed by atoms with Crippen molar-refractivity contribution in [1.29, 1.82) is 0 Å².